The summed E-state index contributed by atoms with van der Waals surface area (Å²) in [5.41, 5.74) is 3.44. The third-order valence-corrected chi connectivity index (χ3v) is 4.89. The van der Waals surface area contributed by atoms with Crippen LogP contribution in [0.15, 0.2) is 42.7 Å². The van der Waals surface area contributed by atoms with E-state index in [0.717, 1.165) is 42.7 Å². The summed E-state index contributed by atoms with van der Waals surface area (Å²) in [6, 6.07) is 10.2. The van der Waals surface area contributed by atoms with Crippen molar-refractivity contribution in [1.29, 1.82) is 0 Å². The molecule has 0 N–H and O–H groups in total. The molecule has 1 aliphatic carbocycles. The highest BCUT2D eigenvalue weighted by molar-refractivity contribution is 5.82. The van der Waals surface area contributed by atoms with Crippen LogP contribution < -0.4 is 4.74 Å². The van der Waals surface area contributed by atoms with Crippen LogP contribution in [0, 0.1) is 5.92 Å². The van der Waals surface area contributed by atoms with Crippen LogP contribution in [0.3, 0.4) is 0 Å². The number of benzene rings is 1. The van der Waals surface area contributed by atoms with Crippen LogP contribution >= 0.6 is 0 Å². The van der Waals surface area contributed by atoms with Gasteiger partial charge in [0.1, 0.15) is 5.75 Å². The first-order valence-electron chi connectivity index (χ1n) is 8.74. The lowest BCUT2D eigenvalue weighted by Gasteiger charge is -2.32. The van der Waals surface area contributed by atoms with Crippen LogP contribution in [-0.2, 0) is 11.2 Å². The van der Waals surface area contributed by atoms with Crippen molar-refractivity contribution in [2.24, 2.45) is 5.92 Å². The minimum Gasteiger partial charge on any atom is -0.493 e. The average molecular weight is 322 g/mol. The Labute approximate surface area is 142 Å². The fourth-order valence-corrected chi connectivity index (χ4v) is 3.50. The summed E-state index contributed by atoms with van der Waals surface area (Å²) in [6.45, 7) is 3.50. The second kappa shape index (κ2) is 6.27. The molecule has 0 bridgehead atoms. The largest absolute Gasteiger partial charge is 0.493 e. The number of ether oxygens (including phenoxy) is 1. The van der Waals surface area contributed by atoms with Gasteiger partial charge in [0.05, 0.1) is 12.6 Å². The van der Waals surface area contributed by atoms with Gasteiger partial charge in [0.2, 0.25) is 5.91 Å². The molecule has 1 aliphatic heterocycles. The van der Waals surface area contributed by atoms with Gasteiger partial charge in [-0.15, -0.1) is 0 Å². The quantitative estimate of drug-likeness (QED) is 0.847. The van der Waals surface area contributed by atoms with Crippen molar-refractivity contribution < 1.29 is 9.53 Å². The number of nitrogens with zero attached hydrogens (tertiary/aromatic N) is 2. The highest BCUT2D eigenvalue weighted by Gasteiger charge is 2.37. The van der Waals surface area contributed by atoms with E-state index in [1.54, 1.807) is 6.20 Å². The van der Waals surface area contributed by atoms with Crippen LogP contribution in [0.5, 0.6) is 5.75 Å². The molecule has 24 heavy (non-hydrogen) atoms. The summed E-state index contributed by atoms with van der Waals surface area (Å²) < 4.78 is 5.63. The Morgan fingerprint density at radius 3 is 2.92 bits per heavy atom. The second-order valence-electron chi connectivity index (χ2n) is 6.55. The first-order chi connectivity index (χ1) is 11.8. The smallest absolute Gasteiger partial charge is 0.226 e. The van der Waals surface area contributed by atoms with Gasteiger partial charge in [-0.2, -0.15) is 0 Å². The van der Waals surface area contributed by atoms with Crippen LogP contribution in [0.25, 0.3) is 0 Å². The van der Waals surface area contributed by atoms with Crippen molar-refractivity contribution in [2.45, 2.75) is 32.2 Å². The summed E-state index contributed by atoms with van der Waals surface area (Å²) in [4.78, 5) is 19.1. The molecule has 2 aromatic rings. The number of hydrogen-bond acceptors (Lipinski definition) is 3. The number of rotatable bonds is 5. The van der Waals surface area contributed by atoms with Crippen LogP contribution in [0.2, 0.25) is 0 Å². The standard InChI is InChI=1S/C20H22N2O2/c1-2-22(20(23)14-5-6-14)19(17-4-3-10-21-13-17)16-7-8-18-15(12-16)9-11-24-18/h3-4,7-8,10,12-14,19H,2,5-6,9,11H2,1H3/t19-/m0/s1. The fraction of sp³-hybridized carbons (Fsp3) is 0.400. The van der Waals surface area contributed by atoms with Crippen LogP contribution in [-0.4, -0.2) is 28.9 Å². The Morgan fingerprint density at radius 1 is 1.33 bits per heavy atom. The Balaban J connectivity index is 1.76. The molecule has 1 amide bonds. The van der Waals surface area contributed by atoms with Crippen LogP contribution in [0.4, 0.5) is 0 Å². The van der Waals surface area contributed by atoms with Gasteiger partial charge in [-0.3, -0.25) is 9.78 Å². The lowest BCUT2D eigenvalue weighted by Crippen LogP contribution is -2.36. The van der Waals surface area contributed by atoms with Gasteiger partial charge in [0, 0.05) is 31.3 Å². The van der Waals surface area contributed by atoms with Gasteiger partial charge in [0.25, 0.3) is 0 Å². The van der Waals surface area contributed by atoms with Gasteiger partial charge >= 0.3 is 0 Å². The van der Waals surface area contributed by atoms with Crippen molar-refractivity contribution in [3.05, 3.63) is 59.4 Å². The first-order valence-corrected chi connectivity index (χ1v) is 8.74. The Hall–Kier alpha value is -2.36. The number of hydrogen-bond donors (Lipinski definition) is 0. The topological polar surface area (TPSA) is 42.4 Å². The predicted molar refractivity (Wildman–Crippen MR) is 91.8 cm³/mol. The lowest BCUT2D eigenvalue weighted by molar-refractivity contribution is -0.134. The number of carbonyl (C=O) groups is 1. The molecular formula is C20H22N2O2. The molecule has 1 aromatic heterocycles. The maximum Gasteiger partial charge on any atom is 0.226 e. The highest BCUT2D eigenvalue weighted by Crippen LogP contribution is 2.38. The molecule has 4 nitrogen and oxygen atoms in total. The van der Waals surface area contributed by atoms with Gasteiger partial charge in [-0.1, -0.05) is 12.1 Å². The fourth-order valence-electron chi connectivity index (χ4n) is 3.50. The Kier molecular flexibility index (Phi) is 3.97. The normalized spacial score (nSPS) is 17.0. The molecule has 4 heteroatoms. The SMILES string of the molecule is CCN(C(=O)C1CC1)[C@H](c1cccnc1)c1ccc2c(c1)CCO2. The third-order valence-electron chi connectivity index (χ3n) is 4.89. The molecule has 2 heterocycles. The zero-order valence-electron chi connectivity index (χ0n) is 13.9. The van der Waals surface area contributed by atoms with Gasteiger partial charge in [-0.25, -0.2) is 0 Å². The summed E-state index contributed by atoms with van der Waals surface area (Å²) >= 11 is 0. The molecule has 0 radical (unpaired) electrons. The molecule has 4 rings (SSSR count). The molecule has 1 aromatic carbocycles. The van der Waals surface area contributed by atoms with Crippen LogP contribution in [0.1, 0.15) is 42.5 Å². The lowest BCUT2D eigenvalue weighted by atomic mass is 9.95. The maximum absolute atomic E-state index is 12.8. The predicted octanol–water partition coefficient (Wildman–Crippen LogP) is 3.36. The van der Waals surface area contributed by atoms with Crippen molar-refractivity contribution in [2.75, 3.05) is 13.2 Å². The molecule has 1 fully saturated rings. The van der Waals surface area contributed by atoms with E-state index in [4.69, 9.17) is 4.74 Å². The Bertz CT molecular complexity index is 741. The molecule has 2 aliphatic rings. The number of carbonyl (C=O) groups excluding carboxylic acids is 1. The Morgan fingerprint density at radius 2 is 2.21 bits per heavy atom. The van der Waals surface area contributed by atoms with E-state index >= 15 is 0 Å². The number of aromatic nitrogens is 1. The van der Waals surface area contributed by atoms with Crippen molar-refractivity contribution in [3.63, 3.8) is 0 Å². The minimum absolute atomic E-state index is 0.0808. The molecule has 0 spiro atoms. The van der Waals surface area contributed by atoms with Crippen molar-refractivity contribution in [1.82, 2.24) is 9.88 Å². The zero-order valence-corrected chi connectivity index (χ0v) is 13.9. The molecule has 124 valence electrons. The molecular weight excluding hydrogens is 300 g/mol. The van der Waals surface area contributed by atoms with E-state index in [2.05, 4.69) is 30.1 Å². The average Bonchev–Trinajstić information content (AvgIpc) is 3.37. The summed E-state index contributed by atoms with van der Waals surface area (Å²) in [5.74, 6) is 1.45. The van der Waals surface area contributed by atoms with Gasteiger partial charge in [-0.05, 0) is 54.7 Å². The molecule has 0 unspecified atom stereocenters. The molecule has 1 saturated carbocycles. The number of amides is 1. The summed E-state index contributed by atoms with van der Waals surface area (Å²) in [6.07, 6.45) is 6.62. The first kappa shape index (κ1) is 15.2. The highest BCUT2D eigenvalue weighted by atomic mass is 16.5. The van der Waals surface area contributed by atoms with E-state index in [9.17, 15) is 4.79 Å². The van der Waals surface area contributed by atoms with Gasteiger partial charge in [0.15, 0.2) is 0 Å². The van der Waals surface area contributed by atoms with E-state index in [1.807, 2.05) is 23.2 Å². The van der Waals surface area contributed by atoms with Gasteiger partial charge < -0.3 is 9.64 Å². The third kappa shape index (κ3) is 2.77. The van der Waals surface area contributed by atoms with E-state index in [1.165, 1.54) is 5.56 Å². The number of pyridine rings is 1. The second-order valence-corrected chi connectivity index (χ2v) is 6.55. The number of fused-ring (bicyclic) bond motifs is 1. The van der Waals surface area contributed by atoms with E-state index in [0.29, 0.717) is 6.54 Å². The maximum atomic E-state index is 12.8. The summed E-state index contributed by atoms with van der Waals surface area (Å²) in [5, 5.41) is 0. The van der Waals surface area contributed by atoms with Crippen molar-refractivity contribution >= 4 is 5.91 Å². The zero-order chi connectivity index (χ0) is 16.5. The van der Waals surface area contributed by atoms with E-state index in [-0.39, 0.29) is 17.9 Å². The minimum atomic E-state index is -0.0808. The van der Waals surface area contributed by atoms with E-state index < -0.39 is 0 Å². The van der Waals surface area contributed by atoms with Crippen molar-refractivity contribution in [3.8, 4) is 5.75 Å². The molecule has 1 atom stereocenters. The molecule has 0 saturated heterocycles. The monoisotopic (exact) mass is 322 g/mol. The summed E-state index contributed by atoms with van der Waals surface area (Å²) in [7, 11) is 0.